The normalized spacial score (nSPS) is 17.3. The molecular formula is C18H26N4O4. The van der Waals surface area contributed by atoms with Gasteiger partial charge in [0.15, 0.2) is 0 Å². The number of amides is 4. The Morgan fingerprint density at radius 2 is 1.69 bits per heavy atom. The molecule has 0 radical (unpaired) electrons. The van der Waals surface area contributed by atoms with Crippen molar-refractivity contribution in [3.05, 3.63) is 24.3 Å². The van der Waals surface area contributed by atoms with Crippen molar-refractivity contribution in [1.82, 2.24) is 4.90 Å². The molecule has 4 amide bonds. The first-order valence-corrected chi connectivity index (χ1v) is 8.59. The maximum absolute atomic E-state index is 12.5. The molecule has 1 heterocycles. The van der Waals surface area contributed by atoms with Crippen molar-refractivity contribution >= 4 is 29.4 Å². The number of hydrogen-bond acceptors (Lipinski definition) is 4. The van der Waals surface area contributed by atoms with Crippen LogP contribution in [0.3, 0.4) is 0 Å². The largest absolute Gasteiger partial charge is 0.444 e. The van der Waals surface area contributed by atoms with E-state index in [1.807, 2.05) is 20.8 Å². The number of nitrogens with zero attached hydrogens (tertiary/aromatic N) is 1. The van der Waals surface area contributed by atoms with Crippen LogP contribution in [0.25, 0.3) is 0 Å². The summed E-state index contributed by atoms with van der Waals surface area (Å²) < 4.78 is 5.38. The van der Waals surface area contributed by atoms with E-state index in [1.54, 1.807) is 29.2 Å². The number of nitrogens with two attached hydrogens (primary N) is 1. The highest BCUT2D eigenvalue weighted by Gasteiger charge is 2.31. The van der Waals surface area contributed by atoms with Gasteiger partial charge in [0.1, 0.15) is 5.60 Å². The number of piperidine rings is 1. The van der Waals surface area contributed by atoms with Gasteiger partial charge in [0, 0.05) is 24.5 Å². The van der Waals surface area contributed by atoms with Crippen molar-refractivity contribution in [1.29, 1.82) is 0 Å². The number of likely N-dealkylation sites (tertiary alicyclic amines) is 1. The first kappa shape index (κ1) is 19.6. The lowest BCUT2D eigenvalue weighted by Crippen LogP contribution is -2.45. The third kappa shape index (κ3) is 5.94. The molecule has 26 heavy (non-hydrogen) atoms. The second kappa shape index (κ2) is 8.07. The minimum atomic E-state index is -0.647. The Morgan fingerprint density at radius 1 is 1.12 bits per heavy atom. The Hall–Kier alpha value is -2.77. The van der Waals surface area contributed by atoms with E-state index in [-0.39, 0.29) is 11.8 Å². The van der Waals surface area contributed by atoms with Gasteiger partial charge in [-0.05, 0) is 57.9 Å². The molecule has 8 nitrogen and oxygen atoms in total. The van der Waals surface area contributed by atoms with Crippen molar-refractivity contribution in [3.8, 4) is 0 Å². The van der Waals surface area contributed by atoms with E-state index in [2.05, 4.69) is 10.6 Å². The average molecular weight is 362 g/mol. The first-order chi connectivity index (χ1) is 12.1. The third-order valence-corrected chi connectivity index (χ3v) is 3.86. The van der Waals surface area contributed by atoms with E-state index in [9.17, 15) is 14.4 Å². The Kier molecular flexibility index (Phi) is 6.07. The van der Waals surface area contributed by atoms with Gasteiger partial charge in [-0.25, -0.2) is 9.59 Å². The molecule has 142 valence electrons. The Balaban J connectivity index is 1.92. The summed E-state index contributed by atoms with van der Waals surface area (Å²) >= 11 is 0. The molecule has 1 atom stereocenters. The van der Waals surface area contributed by atoms with E-state index in [4.69, 9.17) is 10.5 Å². The van der Waals surface area contributed by atoms with E-state index in [0.717, 1.165) is 6.42 Å². The highest BCUT2D eigenvalue weighted by molar-refractivity contribution is 5.93. The quantitative estimate of drug-likeness (QED) is 0.767. The van der Waals surface area contributed by atoms with Crippen LogP contribution >= 0.6 is 0 Å². The SMILES string of the molecule is CC(C)(C)OC(=O)N1CCCC(C(=O)Nc2ccc(NC(N)=O)cc2)C1. The third-order valence-electron chi connectivity index (χ3n) is 3.86. The second-order valence-electron chi connectivity index (χ2n) is 7.32. The Morgan fingerprint density at radius 3 is 2.23 bits per heavy atom. The van der Waals surface area contributed by atoms with Crippen LogP contribution in [0.4, 0.5) is 21.0 Å². The lowest BCUT2D eigenvalue weighted by atomic mass is 9.97. The van der Waals surface area contributed by atoms with Crippen molar-refractivity contribution < 1.29 is 19.1 Å². The summed E-state index contributed by atoms with van der Waals surface area (Å²) in [6.07, 6.45) is 1.07. The molecule has 4 N–H and O–H groups in total. The van der Waals surface area contributed by atoms with Crippen LogP contribution in [0.1, 0.15) is 33.6 Å². The summed E-state index contributed by atoms with van der Waals surface area (Å²) in [6.45, 7) is 6.37. The maximum atomic E-state index is 12.5. The van der Waals surface area contributed by atoms with Crippen LogP contribution < -0.4 is 16.4 Å². The van der Waals surface area contributed by atoms with Crippen molar-refractivity contribution in [2.45, 2.75) is 39.2 Å². The highest BCUT2D eigenvalue weighted by atomic mass is 16.6. The van der Waals surface area contributed by atoms with E-state index in [0.29, 0.717) is 30.9 Å². The van der Waals surface area contributed by atoms with Gasteiger partial charge in [0.25, 0.3) is 0 Å². The zero-order valence-corrected chi connectivity index (χ0v) is 15.4. The van der Waals surface area contributed by atoms with Crippen LogP contribution in [0.15, 0.2) is 24.3 Å². The zero-order valence-electron chi connectivity index (χ0n) is 15.4. The number of primary amides is 1. The molecule has 2 rings (SSSR count). The van der Waals surface area contributed by atoms with Gasteiger partial charge in [-0.3, -0.25) is 4.79 Å². The monoisotopic (exact) mass is 362 g/mol. The maximum Gasteiger partial charge on any atom is 0.410 e. The van der Waals surface area contributed by atoms with Gasteiger partial charge in [0.05, 0.1) is 5.92 Å². The number of carbonyl (C=O) groups excluding carboxylic acids is 3. The fourth-order valence-corrected chi connectivity index (χ4v) is 2.71. The van der Waals surface area contributed by atoms with Crippen LogP contribution in [0.2, 0.25) is 0 Å². The van der Waals surface area contributed by atoms with Crippen LogP contribution in [-0.4, -0.2) is 41.6 Å². The predicted octanol–water partition coefficient (Wildman–Crippen LogP) is 2.76. The second-order valence-corrected chi connectivity index (χ2v) is 7.32. The zero-order chi connectivity index (χ0) is 19.3. The summed E-state index contributed by atoms with van der Waals surface area (Å²) in [5.41, 5.74) is 5.65. The molecule has 0 saturated carbocycles. The standard InChI is InChI=1S/C18H26N4O4/c1-18(2,3)26-17(25)22-10-4-5-12(11-22)15(23)20-13-6-8-14(9-7-13)21-16(19)24/h6-9,12H,4-5,10-11H2,1-3H3,(H,20,23)(H3,19,21,24). The fourth-order valence-electron chi connectivity index (χ4n) is 2.71. The molecule has 1 aromatic rings. The summed E-state index contributed by atoms with van der Waals surface area (Å²) in [7, 11) is 0. The topological polar surface area (TPSA) is 114 Å². The molecule has 0 bridgehead atoms. The molecule has 1 fully saturated rings. The van der Waals surface area contributed by atoms with Crippen molar-refractivity contribution in [3.63, 3.8) is 0 Å². The molecule has 1 aromatic carbocycles. The summed E-state index contributed by atoms with van der Waals surface area (Å²) in [5, 5.41) is 5.29. The summed E-state index contributed by atoms with van der Waals surface area (Å²) in [6, 6.07) is 6.00. The van der Waals surface area contributed by atoms with Gasteiger partial charge in [0.2, 0.25) is 5.91 Å². The molecule has 0 aromatic heterocycles. The highest BCUT2D eigenvalue weighted by Crippen LogP contribution is 2.21. The molecule has 1 aliphatic rings. The minimum absolute atomic E-state index is 0.145. The summed E-state index contributed by atoms with van der Waals surface area (Å²) in [4.78, 5) is 37.1. The first-order valence-electron chi connectivity index (χ1n) is 8.59. The van der Waals surface area contributed by atoms with E-state index >= 15 is 0 Å². The number of ether oxygens (including phenoxy) is 1. The number of nitrogens with one attached hydrogen (secondary N) is 2. The number of anilines is 2. The van der Waals surface area contributed by atoms with E-state index < -0.39 is 17.7 Å². The fraction of sp³-hybridized carbons (Fsp3) is 0.500. The lowest BCUT2D eigenvalue weighted by molar-refractivity contribution is -0.121. The minimum Gasteiger partial charge on any atom is -0.444 e. The molecular weight excluding hydrogens is 336 g/mol. The average Bonchev–Trinajstić information content (AvgIpc) is 2.55. The smallest absolute Gasteiger partial charge is 0.410 e. The molecule has 0 aliphatic carbocycles. The molecule has 1 saturated heterocycles. The van der Waals surface area contributed by atoms with Gasteiger partial charge in [-0.15, -0.1) is 0 Å². The van der Waals surface area contributed by atoms with Gasteiger partial charge in [-0.1, -0.05) is 0 Å². The number of rotatable bonds is 3. The summed E-state index contributed by atoms with van der Waals surface area (Å²) in [5.74, 6) is -0.437. The van der Waals surface area contributed by atoms with Crippen molar-refractivity contribution in [2.75, 3.05) is 23.7 Å². The number of benzene rings is 1. The Bertz CT molecular complexity index is 667. The number of carbonyl (C=O) groups is 3. The molecule has 0 spiro atoms. The van der Waals surface area contributed by atoms with E-state index in [1.165, 1.54) is 0 Å². The lowest BCUT2D eigenvalue weighted by Gasteiger charge is -2.33. The Labute approximate surface area is 153 Å². The van der Waals surface area contributed by atoms with Gasteiger partial charge in [-0.2, -0.15) is 0 Å². The van der Waals surface area contributed by atoms with Gasteiger partial charge < -0.3 is 26.0 Å². The number of hydrogen-bond donors (Lipinski definition) is 3. The molecule has 1 unspecified atom stereocenters. The van der Waals surface area contributed by atoms with Crippen LogP contribution in [-0.2, 0) is 9.53 Å². The van der Waals surface area contributed by atoms with Crippen LogP contribution in [0.5, 0.6) is 0 Å². The number of urea groups is 1. The van der Waals surface area contributed by atoms with Crippen molar-refractivity contribution in [2.24, 2.45) is 11.7 Å². The predicted molar refractivity (Wildman–Crippen MR) is 98.8 cm³/mol. The molecule has 8 heteroatoms. The van der Waals surface area contributed by atoms with Gasteiger partial charge >= 0.3 is 12.1 Å². The van der Waals surface area contributed by atoms with Crippen LogP contribution in [0, 0.1) is 5.92 Å². The molecule has 1 aliphatic heterocycles.